The van der Waals surface area contributed by atoms with Crippen LogP contribution in [-0.4, -0.2) is 0 Å². The average molecular weight is 891 g/mol. The van der Waals surface area contributed by atoms with E-state index in [4.69, 9.17) is 0 Å². The van der Waals surface area contributed by atoms with Crippen molar-refractivity contribution in [1.29, 1.82) is 0 Å². The van der Waals surface area contributed by atoms with Crippen molar-refractivity contribution in [3.8, 4) is 66.8 Å². The quantitative estimate of drug-likeness (QED) is 0.135. The summed E-state index contributed by atoms with van der Waals surface area (Å²) in [5.41, 5.74) is 21.5. The van der Waals surface area contributed by atoms with Crippen molar-refractivity contribution in [1.82, 2.24) is 0 Å². The zero-order valence-electron chi connectivity index (χ0n) is 38.5. The second-order valence-electron chi connectivity index (χ2n) is 17.9. The number of para-hydroxylation sites is 4. The number of hydrogen-bond donors (Lipinski definition) is 0. The standard InChI is InChI=1S/C68H46N2/c1-9-25-47(26-10-1)61-57-43-41-55(69(51-33-17-5-18-34-51)52-35-19-6-20-36-52)45-59(57)63(49-29-13-3-14-30-49)67-65(61)68-64(50-31-15-4-16-32-50)60-46-56(42-44-58(60)62(66(67)68)48-27-11-2-12-28-48)70(53-37-21-7-22-38-53)54-39-23-8-24-40-54/h1-46H. The monoisotopic (exact) mass is 890 g/mol. The van der Waals surface area contributed by atoms with E-state index in [0.717, 1.165) is 34.1 Å². The third-order valence-corrected chi connectivity index (χ3v) is 13.9. The molecular weight excluding hydrogens is 845 g/mol. The van der Waals surface area contributed by atoms with Gasteiger partial charge in [-0.05, 0) is 161 Å². The molecule has 0 N–H and O–H groups in total. The summed E-state index contributed by atoms with van der Waals surface area (Å²) in [6, 6.07) is 102. The van der Waals surface area contributed by atoms with Gasteiger partial charge in [0.25, 0.3) is 0 Å². The molecule has 2 nitrogen and oxygen atoms in total. The van der Waals surface area contributed by atoms with Gasteiger partial charge in [0.05, 0.1) is 0 Å². The summed E-state index contributed by atoms with van der Waals surface area (Å²) in [6.45, 7) is 0. The Morgan fingerprint density at radius 2 is 0.371 bits per heavy atom. The van der Waals surface area contributed by atoms with Crippen molar-refractivity contribution in [2.24, 2.45) is 0 Å². The minimum Gasteiger partial charge on any atom is -0.310 e. The molecular formula is C68H46N2. The molecule has 0 fully saturated rings. The molecule has 0 aromatic heterocycles. The lowest BCUT2D eigenvalue weighted by molar-refractivity contribution is 1.29. The van der Waals surface area contributed by atoms with Gasteiger partial charge in [0.1, 0.15) is 0 Å². The van der Waals surface area contributed by atoms with Crippen LogP contribution in [0.15, 0.2) is 279 Å². The molecule has 1 aliphatic rings. The van der Waals surface area contributed by atoms with Crippen LogP contribution in [0.5, 0.6) is 0 Å². The molecule has 0 atom stereocenters. The van der Waals surface area contributed by atoms with E-state index in [9.17, 15) is 0 Å². The van der Waals surface area contributed by atoms with E-state index in [1.54, 1.807) is 0 Å². The van der Waals surface area contributed by atoms with E-state index in [2.05, 4.69) is 289 Å². The number of benzene rings is 12. The van der Waals surface area contributed by atoms with Crippen molar-refractivity contribution in [2.75, 3.05) is 9.80 Å². The minimum absolute atomic E-state index is 1.10. The van der Waals surface area contributed by atoms with Crippen LogP contribution in [0.4, 0.5) is 34.1 Å². The van der Waals surface area contributed by atoms with Crippen molar-refractivity contribution in [3.05, 3.63) is 279 Å². The van der Waals surface area contributed by atoms with E-state index in [1.807, 2.05) is 0 Å². The summed E-state index contributed by atoms with van der Waals surface area (Å²) in [5, 5.41) is 4.85. The van der Waals surface area contributed by atoms with Gasteiger partial charge in [-0.15, -0.1) is 0 Å². The number of anilines is 6. The fourth-order valence-electron chi connectivity index (χ4n) is 11.0. The van der Waals surface area contributed by atoms with Crippen molar-refractivity contribution >= 4 is 55.7 Å². The molecule has 0 heterocycles. The highest BCUT2D eigenvalue weighted by molar-refractivity contribution is 6.33. The largest absolute Gasteiger partial charge is 0.310 e. The molecule has 13 rings (SSSR count). The van der Waals surface area contributed by atoms with Gasteiger partial charge in [0.2, 0.25) is 0 Å². The van der Waals surface area contributed by atoms with Crippen LogP contribution in [0.2, 0.25) is 0 Å². The molecule has 1 aliphatic carbocycles. The molecule has 0 spiro atoms. The molecule has 0 amide bonds. The highest BCUT2D eigenvalue weighted by Crippen LogP contribution is 2.66. The van der Waals surface area contributed by atoms with Crippen LogP contribution in [0, 0.1) is 0 Å². The summed E-state index contributed by atoms with van der Waals surface area (Å²) in [5.74, 6) is 0. The predicted molar refractivity (Wildman–Crippen MR) is 297 cm³/mol. The van der Waals surface area contributed by atoms with Gasteiger partial charge in [-0.2, -0.15) is 0 Å². The summed E-state index contributed by atoms with van der Waals surface area (Å²) < 4.78 is 0. The molecule has 328 valence electrons. The first-order valence-electron chi connectivity index (χ1n) is 24.1. The topological polar surface area (TPSA) is 6.48 Å². The Morgan fingerprint density at radius 1 is 0.157 bits per heavy atom. The Morgan fingerprint density at radius 3 is 0.614 bits per heavy atom. The molecule has 0 saturated heterocycles. The SMILES string of the molecule is c1ccc(-c2c3c(c(-c4ccccc4)c4cc(N(c5ccccc5)c5ccccc5)ccc24)-c2c-3c(-c3ccccc3)c3cc(N(c4ccccc4)c4ccccc4)ccc3c2-c2ccccc2)cc1. The molecule has 0 unspecified atom stereocenters. The maximum Gasteiger partial charge on any atom is 0.0468 e. The van der Waals surface area contributed by atoms with E-state index >= 15 is 0 Å². The third kappa shape index (κ3) is 6.88. The molecule has 70 heavy (non-hydrogen) atoms. The Balaban J connectivity index is 1.19. The van der Waals surface area contributed by atoms with Gasteiger partial charge in [-0.3, -0.25) is 0 Å². The lowest BCUT2D eigenvalue weighted by Crippen LogP contribution is -2.12. The van der Waals surface area contributed by atoms with E-state index in [0.29, 0.717) is 0 Å². The summed E-state index contributed by atoms with van der Waals surface area (Å²) >= 11 is 0. The fourth-order valence-corrected chi connectivity index (χ4v) is 11.0. The first-order valence-corrected chi connectivity index (χ1v) is 24.1. The molecule has 12 aromatic rings. The van der Waals surface area contributed by atoms with Gasteiger partial charge < -0.3 is 9.80 Å². The predicted octanol–water partition coefficient (Wildman–Crippen LogP) is 19.2. The molecule has 12 aromatic carbocycles. The second kappa shape index (κ2) is 17.4. The number of fused-ring (bicyclic) bond motifs is 6. The Labute approximate surface area is 409 Å². The lowest BCUT2D eigenvalue weighted by atomic mass is 9.65. The lowest BCUT2D eigenvalue weighted by Gasteiger charge is -2.37. The summed E-state index contributed by atoms with van der Waals surface area (Å²) in [7, 11) is 0. The van der Waals surface area contributed by atoms with E-state index in [1.165, 1.54) is 88.3 Å². The Hall–Kier alpha value is -9.24. The van der Waals surface area contributed by atoms with Gasteiger partial charge in [0.15, 0.2) is 0 Å². The Kier molecular flexibility index (Phi) is 10.2. The minimum atomic E-state index is 1.10. The van der Waals surface area contributed by atoms with Crippen LogP contribution in [-0.2, 0) is 0 Å². The zero-order valence-corrected chi connectivity index (χ0v) is 38.5. The number of nitrogens with zero attached hydrogens (tertiary/aromatic N) is 2. The maximum absolute atomic E-state index is 2.44. The normalized spacial score (nSPS) is 11.4. The van der Waals surface area contributed by atoms with Gasteiger partial charge in [0, 0.05) is 34.1 Å². The van der Waals surface area contributed by atoms with Gasteiger partial charge >= 0.3 is 0 Å². The summed E-state index contributed by atoms with van der Waals surface area (Å²) in [4.78, 5) is 4.76. The molecule has 0 radical (unpaired) electrons. The smallest absolute Gasteiger partial charge is 0.0468 e. The first-order chi connectivity index (χ1) is 34.8. The Bertz CT molecular complexity index is 3470. The van der Waals surface area contributed by atoms with Gasteiger partial charge in [-0.1, -0.05) is 206 Å². The number of hydrogen-bond acceptors (Lipinski definition) is 2. The van der Waals surface area contributed by atoms with Crippen LogP contribution in [0.25, 0.3) is 88.3 Å². The highest BCUT2D eigenvalue weighted by Gasteiger charge is 2.39. The van der Waals surface area contributed by atoms with Crippen molar-refractivity contribution < 1.29 is 0 Å². The molecule has 2 heteroatoms. The number of rotatable bonds is 10. The van der Waals surface area contributed by atoms with Crippen molar-refractivity contribution in [3.63, 3.8) is 0 Å². The van der Waals surface area contributed by atoms with Crippen LogP contribution < -0.4 is 9.80 Å². The summed E-state index contributed by atoms with van der Waals surface area (Å²) in [6.07, 6.45) is 0. The van der Waals surface area contributed by atoms with Crippen LogP contribution in [0.1, 0.15) is 0 Å². The third-order valence-electron chi connectivity index (χ3n) is 13.9. The van der Waals surface area contributed by atoms with E-state index < -0.39 is 0 Å². The zero-order chi connectivity index (χ0) is 46.4. The molecule has 0 bridgehead atoms. The maximum atomic E-state index is 2.44. The van der Waals surface area contributed by atoms with Crippen LogP contribution >= 0.6 is 0 Å². The average Bonchev–Trinajstić information content (AvgIpc) is 3.44. The van der Waals surface area contributed by atoms with Gasteiger partial charge in [-0.25, -0.2) is 0 Å². The van der Waals surface area contributed by atoms with E-state index in [-0.39, 0.29) is 0 Å². The highest BCUT2D eigenvalue weighted by atomic mass is 15.1. The second-order valence-corrected chi connectivity index (χ2v) is 17.9. The first kappa shape index (κ1) is 41.0. The van der Waals surface area contributed by atoms with Crippen LogP contribution in [0.3, 0.4) is 0 Å². The fraction of sp³-hybridized carbons (Fsp3) is 0. The molecule has 0 aliphatic heterocycles. The van der Waals surface area contributed by atoms with Crippen molar-refractivity contribution in [2.45, 2.75) is 0 Å². The molecule has 0 saturated carbocycles.